The minimum absolute atomic E-state index is 0. The molecule has 0 bridgehead atoms. The maximum absolute atomic E-state index is 7.13. The smallest absolute Gasteiger partial charge is 0.366 e. The van der Waals surface area contributed by atoms with Gasteiger partial charge in [0, 0.05) is 0 Å². The van der Waals surface area contributed by atoms with Crippen LogP contribution in [0.1, 0.15) is 11.1 Å². The molecule has 0 atom stereocenters. The molecule has 0 saturated carbocycles. The van der Waals surface area contributed by atoms with E-state index < -0.39 is 15.8 Å². The first-order valence-electron chi connectivity index (χ1n) is 20.3. The van der Waals surface area contributed by atoms with Crippen LogP contribution in [0.5, 0.6) is 0 Å². The quantitative estimate of drug-likeness (QED) is 0.0491. The first-order valence-corrected chi connectivity index (χ1v) is 23.7. The molecule has 0 unspecified atom stereocenters. The molecule has 0 fully saturated rings. The Kier molecular flexibility index (Phi) is 17.3. The van der Waals surface area contributed by atoms with Crippen LogP contribution in [0.2, 0.25) is 0 Å². The molecule has 306 valence electrons. The Hall–Kier alpha value is -5.30. The van der Waals surface area contributed by atoms with E-state index in [1.54, 1.807) is 0 Å². The Morgan fingerprint density at radius 2 is 0.532 bits per heavy atom. The van der Waals surface area contributed by atoms with Crippen molar-refractivity contribution in [1.29, 1.82) is 0 Å². The van der Waals surface area contributed by atoms with Gasteiger partial charge in [-0.3, -0.25) is 11.8 Å². The van der Waals surface area contributed by atoms with E-state index in [1.165, 1.54) is 65.9 Å². The van der Waals surface area contributed by atoms with Gasteiger partial charge in [-0.2, -0.15) is 0 Å². The molecule has 62 heavy (non-hydrogen) atoms. The number of benzene rings is 10. The van der Waals surface area contributed by atoms with Crippen molar-refractivity contribution in [2.45, 2.75) is 0 Å². The van der Waals surface area contributed by atoms with Gasteiger partial charge in [0.15, 0.2) is 0 Å². The van der Waals surface area contributed by atoms with E-state index in [0.29, 0.717) is 0 Å². The summed E-state index contributed by atoms with van der Waals surface area (Å²) >= 11 is 0. The van der Waals surface area contributed by atoms with Crippen LogP contribution < -0.4 is 21.2 Å². The van der Waals surface area contributed by atoms with Crippen molar-refractivity contribution in [2.24, 2.45) is 0 Å². The number of fused-ring (bicyclic) bond motifs is 4. The van der Waals surface area contributed by atoms with E-state index in [-0.39, 0.29) is 44.8 Å². The van der Waals surface area contributed by atoms with E-state index in [4.69, 9.17) is 12.8 Å². The number of hydrogen-bond acceptors (Lipinski definition) is 0. The van der Waals surface area contributed by atoms with Gasteiger partial charge in [0.25, 0.3) is 0 Å². The van der Waals surface area contributed by atoms with Crippen molar-refractivity contribution in [2.75, 3.05) is 12.3 Å². The molecule has 0 saturated heterocycles. The topological polar surface area (TPSA) is 0 Å². The van der Waals surface area contributed by atoms with Gasteiger partial charge in [0.2, 0.25) is 0 Å². The Morgan fingerprint density at radius 3 is 0.806 bits per heavy atom. The average Bonchev–Trinajstić information content (AvgIpc) is 3.32. The molecule has 0 N–H and O–H groups in total. The standard InChI is InChI=1S/C26H24P2.2C16H9.Ag.Au/c1-5-13-23(14-6-1)27(24-15-7-2-8-16-24)21-22-28(25-17-9-3-10-18-25)26-19-11-4-12-20-26;2*1-2-12-7-8-15-10-13-5-3-4-6-14(13)11-16(15)9-12;;/h1-20H,21-22H2;2*3-11H;;/q;2*-1;2*+1/p+2. The van der Waals surface area contributed by atoms with Gasteiger partial charge in [-0.05, 0) is 116 Å². The summed E-state index contributed by atoms with van der Waals surface area (Å²) in [6.07, 6.45) is 16.8. The molecule has 0 spiro atoms. The van der Waals surface area contributed by atoms with Gasteiger partial charge in [0.1, 0.15) is 12.3 Å². The molecular formula is C58H44AgAuP2+2. The van der Waals surface area contributed by atoms with E-state index in [1.807, 2.05) is 60.7 Å². The maximum atomic E-state index is 7.13. The molecule has 0 nitrogen and oxygen atoms in total. The van der Waals surface area contributed by atoms with Gasteiger partial charge < -0.3 is 12.8 Å². The summed E-state index contributed by atoms with van der Waals surface area (Å²) in [5.41, 5.74) is 1.64. The largest absolute Gasteiger partial charge is 1.00 e. The Labute approximate surface area is 400 Å². The van der Waals surface area contributed by atoms with Crippen molar-refractivity contribution in [3.8, 4) is 11.8 Å². The Bertz CT molecular complexity index is 2780. The predicted molar refractivity (Wildman–Crippen MR) is 266 cm³/mol. The second-order valence-corrected chi connectivity index (χ2v) is 19.9. The fourth-order valence-corrected chi connectivity index (χ4v) is 14.0. The minimum atomic E-state index is -0.783. The van der Waals surface area contributed by atoms with Crippen LogP contribution in [0.3, 0.4) is 0 Å². The van der Waals surface area contributed by atoms with Crippen LogP contribution in [-0.4, -0.2) is 12.3 Å². The summed E-state index contributed by atoms with van der Waals surface area (Å²) in [6.45, 7) is 0. The molecule has 0 aliphatic carbocycles. The fraction of sp³-hybridized carbons (Fsp3) is 0.0345. The zero-order chi connectivity index (χ0) is 40.9. The van der Waals surface area contributed by atoms with Gasteiger partial charge in [-0.1, -0.05) is 133 Å². The molecule has 4 heteroatoms. The van der Waals surface area contributed by atoms with Crippen molar-refractivity contribution in [3.63, 3.8) is 0 Å². The minimum Gasteiger partial charge on any atom is -0.366 e. The zero-order valence-corrected chi connectivity index (χ0v) is 39.6. The summed E-state index contributed by atoms with van der Waals surface area (Å²) < 4.78 is 0. The number of rotatable bonds is 7. The van der Waals surface area contributed by atoms with Crippen molar-refractivity contribution < 1.29 is 44.8 Å². The third-order valence-corrected chi connectivity index (χ3v) is 16.9. The average molecular weight is 1110 g/mol. The third-order valence-electron chi connectivity index (χ3n) is 10.8. The summed E-state index contributed by atoms with van der Waals surface area (Å²) in [4.78, 5) is 0. The van der Waals surface area contributed by atoms with Crippen molar-refractivity contribution in [3.05, 3.63) is 254 Å². The first-order chi connectivity index (χ1) is 29.6. The van der Waals surface area contributed by atoms with Crippen LogP contribution in [0, 0.1) is 24.7 Å². The van der Waals surface area contributed by atoms with E-state index in [9.17, 15) is 0 Å². The molecule has 10 aromatic rings. The molecule has 0 aromatic heterocycles. The van der Waals surface area contributed by atoms with Crippen LogP contribution in [0.15, 0.2) is 231 Å². The summed E-state index contributed by atoms with van der Waals surface area (Å²) in [7, 11) is -1.57. The SMILES string of the molecule is [Ag+].[Au+].[C-]#Cc1ccc2cc3ccccc3cc2c1.[C-]#Cc1ccc2cc3ccccc3cc2c1.c1ccc([PH+](CC[PH+](c2ccccc2)c2ccccc2)c2ccccc2)cc1. The molecule has 10 rings (SSSR count). The molecule has 0 aliphatic rings. The fourth-order valence-electron chi connectivity index (χ4n) is 7.75. The molecule has 10 aromatic carbocycles. The summed E-state index contributed by atoms with van der Waals surface area (Å²) in [5, 5.41) is 15.8. The summed E-state index contributed by atoms with van der Waals surface area (Å²) in [5.74, 6) is 4.83. The van der Waals surface area contributed by atoms with E-state index in [2.05, 4.69) is 182 Å². The molecule has 0 aliphatic heterocycles. The van der Waals surface area contributed by atoms with Gasteiger partial charge >= 0.3 is 44.8 Å². The normalized spacial score (nSPS) is 10.4. The predicted octanol–water partition coefficient (Wildman–Crippen LogP) is 12.6. The van der Waals surface area contributed by atoms with Crippen LogP contribution >= 0.6 is 15.8 Å². The monoisotopic (exact) mass is 1110 g/mol. The van der Waals surface area contributed by atoms with E-state index >= 15 is 0 Å². The summed E-state index contributed by atoms with van der Waals surface area (Å²) in [6, 6.07) is 81.7. The first kappa shape index (κ1) is 46.2. The molecule has 0 amide bonds. The molecular weight excluding hydrogens is 1060 g/mol. The molecule has 0 heterocycles. The van der Waals surface area contributed by atoms with Crippen LogP contribution in [0.25, 0.3) is 43.1 Å². The number of hydrogen-bond donors (Lipinski definition) is 0. The van der Waals surface area contributed by atoms with Crippen LogP contribution in [-0.2, 0) is 44.8 Å². The maximum Gasteiger partial charge on any atom is 1.00 e. The van der Waals surface area contributed by atoms with Gasteiger partial charge in [0.05, 0.1) is 37.1 Å². The zero-order valence-electron chi connectivity index (χ0n) is 34.0. The van der Waals surface area contributed by atoms with Gasteiger partial charge in [-0.25, -0.2) is 0 Å². The van der Waals surface area contributed by atoms with Crippen molar-refractivity contribution >= 4 is 80.2 Å². The second-order valence-electron chi connectivity index (χ2n) is 14.7. The van der Waals surface area contributed by atoms with Crippen molar-refractivity contribution in [1.82, 2.24) is 0 Å². The third kappa shape index (κ3) is 11.8. The van der Waals surface area contributed by atoms with E-state index in [0.717, 1.165) is 21.9 Å². The Balaban J connectivity index is 0.000000162. The van der Waals surface area contributed by atoms with Crippen LogP contribution in [0.4, 0.5) is 0 Å². The second kappa shape index (κ2) is 23.2. The Morgan fingerprint density at radius 1 is 0.290 bits per heavy atom. The van der Waals surface area contributed by atoms with Gasteiger partial charge in [-0.15, -0.1) is 35.4 Å². The molecule has 0 radical (unpaired) electrons.